The Morgan fingerprint density at radius 2 is 1.88 bits per heavy atom. The Bertz CT molecular complexity index is 1670. The van der Waals surface area contributed by atoms with E-state index in [4.69, 9.17) is 5.41 Å². The van der Waals surface area contributed by atoms with E-state index < -0.39 is 36.0 Å². The number of hydrogen-bond donors (Lipinski definition) is 5. The third-order valence-corrected chi connectivity index (χ3v) is 5.90. The van der Waals surface area contributed by atoms with Gasteiger partial charge in [-0.15, -0.1) is 6.58 Å². The molecule has 0 saturated heterocycles. The molecule has 0 fully saturated rings. The number of nitrogens with zero attached hydrogens (tertiary/aromatic N) is 3. The van der Waals surface area contributed by atoms with Crippen LogP contribution in [0.25, 0.3) is 10.8 Å². The minimum absolute atomic E-state index is 0.000364. The number of aliphatic hydroxyl groups excluding tert-OH is 1. The van der Waals surface area contributed by atoms with Crippen LogP contribution in [0.15, 0.2) is 102 Å². The van der Waals surface area contributed by atoms with Crippen molar-refractivity contribution in [2.24, 2.45) is 4.99 Å². The second-order valence-corrected chi connectivity index (χ2v) is 8.77. The topological polar surface area (TPSA) is 143 Å². The number of amides is 3. The third-order valence-electron chi connectivity index (χ3n) is 5.90. The van der Waals surface area contributed by atoms with Crippen LogP contribution in [0.2, 0.25) is 0 Å². The van der Waals surface area contributed by atoms with Crippen LogP contribution in [-0.2, 0) is 11.3 Å². The van der Waals surface area contributed by atoms with Gasteiger partial charge in [-0.1, -0.05) is 30.3 Å². The van der Waals surface area contributed by atoms with Crippen LogP contribution >= 0.6 is 0 Å². The highest BCUT2D eigenvalue weighted by Crippen LogP contribution is 2.28. The minimum atomic E-state index is -1.65. The summed E-state index contributed by atoms with van der Waals surface area (Å²) in [6, 6.07) is 7.41. The monoisotopic (exact) mass is 575 g/mol. The van der Waals surface area contributed by atoms with Gasteiger partial charge in [0.25, 0.3) is 0 Å². The number of anilines is 1. The number of allylic oxidation sites excluding steroid dienone is 3. The van der Waals surface area contributed by atoms with Crippen LogP contribution in [0, 0.1) is 22.9 Å². The maximum atomic E-state index is 14.0. The smallest absolute Gasteiger partial charge is 0.351 e. The Morgan fingerprint density at radius 3 is 2.60 bits per heavy atom. The number of urea groups is 1. The standard InChI is InChI=1S/C29H24F3N7O3/c1-2-7-34-13-19-10-24(26(41)11-23(19)33)37-28(36-16-40)38-29(42)39(15-17-8-21(30)27(32)22(31)9-17)25-14-35-12-18-5-3-4-6-20(18)25/h2-6,8-14,16,33-34,41H,1,7,15H2,(H2,36,37,38,40,42)/b19-13-,33-23?. The molecule has 0 atom stereocenters. The predicted molar refractivity (Wildman–Crippen MR) is 152 cm³/mol. The van der Waals surface area contributed by atoms with Gasteiger partial charge in [-0.25, -0.2) is 18.0 Å². The number of carbonyl (C=O) groups excluding carboxylic acids is 2. The van der Waals surface area contributed by atoms with Crippen LogP contribution in [0.5, 0.6) is 0 Å². The van der Waals surface area contributed by atoms with E-state index >= 15 is 0 Å². The highest BCUT2D eigenvalue weighted by atomic mass is 19.2. The summed E-state index contributed by atoms with van der Waals surface area (Å²) in [5.41, 5.74) is 0.471. The molecule has 0 radical (unpaired) electrons. The van der Waals surface area contributed by atoms with Crippen LogP contribution in [0.4, 0.5) is 23.7 Å². The van der Waals surface area contributed by atoms with E-state index in [1.165, 1.54) is 18.5 Å². The highest BCUT2D eigenvalue weighted by molar-refractivity contribution is 6.11. The molecule has 214 valence electrons. The fourth-order valence-corrected chi connectivity index (χ4v) is 3.97. The van der Waals surface area contributed by atoms with E-state index in [0.717, 1.165) is 23.1 Å². The van der Waals surface area contributed by atoms with Gasteiger partial charge in [-0.05, 0) is 23.8 Å². The second-order valence-electron chi connectivity index (χ2n) is 8.77. The number of nitrogens with one attached hydrogen (secondary N) is 4. The Morgan fingerprint density at radius 1 is 1.14 bits per heavy atom. The largest absolute Gasteiger partial charge is 0.506 e. The maximum Gasteiger partial charge on any atom is 0.351 e. The molecule has 0 saturated carbocycles. The lowest BCUT2D eigenvalue weighted by Crippen LogP contribution is -2.40. The number of fused-ring (bicyclic) bond motifs is 1. The lowest BCUT2D eigenvalue weighted by atomic mass is 10.0. The lowest BCUT2D eigenvalue weighted by Gasteiger charge is -2.23. The molecule has 5 N–H and O–H groups in total. The Hall–Kier alpha value is -5.72. The zero-order valence-electron chi connectivity index (χ0n) is 21.9. The van der Waals surface area contributed by atoms with E-state index in [1.54, 1.807) is 36.5 Å². The number of aliphatic imine (C=N–C) groups is 1. The molecule has 3 aromatic rings. The molecule has 13 heteroatoms. The number of rotatable bonds is 8. The average Bonchev–Trinajstić information content (AvgIpc) is 2.96. The molecule has 42 heavy (non-hydrogen) atoms. The molecule has 0 unspecified atom stereocenters. The van der Waals surface area contributed by atoms with Crippen LogP contribution in [0.1, 0.15) is 5.56 Å². The third kappa shape index (κ3) is 6.70. The summed E-state index contributed by atoms with van der Waals surface area (Å²) in [6.07, 6.45) is 8.80. The van der Waals surface area contributed by atoms with E-state index in [9.17, 15) is 27.9 Å². The molecule has 1 aromatic heterocycles. The zero-order valence-corrected chi connectivity index (χ0v) is 21.9. The number of guanidine groups is 1. The number of aromatic nitrogens is 1. The zero-order chi connectivity index (χ0) is 30.2. The van der Waals surface area contributed by atoms with Crippen molar-refractivity contribution < 1.29 is 27.9 Å². The van der Waals surface area contributed by atoms with Crippen molar-refractivity contribution in [3.63, 3.8) is 0 Å². The SMILES string of the molecule is C=CCN/C=C1/C=C(N/C(=N/C(=O)N(Cc2cc(F)c(F)c(F)c2)c2cncc3ccccc23)NC=O)C(O)=CC1=N. The van der Waals surface area contributed by atoms with Crippen LogP contribution in [0.3, 0.4) is 0 Å². The fourth-order valence-electron chi connectivity index (χ4n) is 3.97. The molecule has 4 rings (SSSR count). The first-order valence-corrected chi connectivity index (χ1v) is 12.3. The van der Waals surface area contributed by atoms with Crippen molar-refractivity contribution in [3.05, 3.63) is 120 Å². The summed E-state index contributed by atoms with van der Waals surface area (Å²) >= 11 is 0. The number of carbonyl (C=O) groups is 2. The molecule has 0 spiro atoms. The van der Waals surface area contributed by atoms with E-state index in [-0.39, 0.29) is 34.8 Å². The normalized spacial score (nSPS) is 14.2. The van der Waals surface area contributed by atoms with Gasteiger partial charge < -0.3 is 21.1 Å². The number of hydrogen-bond acceptors (Lipinski definition) is 6. The average molecular weight is 576 g/mol. The second kappa shape index (κ2) is 13.1. The molecule has 0 aliphatic heterocycles. The minimum Gasteiger partial charge on any atom is -0.506 e. The van der Waals surface area contributed by atoms with Crippen LogP contribution < -0.4 is 20.9 Å². The van der Waals surface area contributed by atoms with Gasteiger partial charge in [0.2, 0.25) is 12.4 Å². The first kappa shape index (κ1) is 29.3. The fraction of sp³-hybridized carbons (Fsp3) is 0.0690. The van der Waals surface area contributed by atoms with Gasteiger partial charge in [0.05, 0.1) is 29.8 Å². The summed E-state index contributed by atoms with van der Waals surface area (Å²) in [6.45, 7) is 3.56. The van der Waals surface area contributed by atoms with Crippen molar-refractivity contribution in [1.29, 1.82) is 5.41 Å². The first-order chi connectivity index (χ1) is 20.2. The number of benzene rings is 2. The number of halogens is 3. The van der Waals surface area contributed by atoms with Crippen molar-refractivity contribution in [2.45, 2.75) is 6.54 Å². The van der Waals surface area contributed by atoms with Gasteiger partial charge in [0, 0.05) is 41.4 Å². The van der Waals surface area contributed by atoms with Crippen LogP contribution in [-0.4, -0.2) is 40.7 Å². The van der Waals surface area contributed by atoms with Gasteiger partial charge >= 0.3 is 6.03 Å². The van der Waals surface area contributed by atoms with Gasteiger partial charge in [-0.3, -0.25) is 20.0 Å². The first-order valence-electron chi connectivity index (χ1n) is 12.3. The Labute approximate surface area is 237 Å². The predicted octanol–water partition coefficient (Wildman–Crippen LogP) is 4.49. The lowest BCUT2D eigenvalue weighted by molar-refractivity contribution is -0.108. The summed E-state index contributed by atoms with van der Waals surface area (Å²) in [5, 5.41) is 27.5. The number of aliphatic hydroxyl groups is 1. The summed E-state index contributed by atoms with van der Waals surface area (Å²) in [7, 11) is 0. The van der Waals surface area contributed by atoms with E-state index in [2.05, 4.69) is 32.5 Å². The number of pyridine rings is 1. The summed E-state index contributed by atoms with van der Waals surface area (Å²) < 4.78 is 41.7. The molecule has 3 amide bonds. The van der Waals surface area contributed by atoms with Crippen molar-refractivity contribution >= 4 is 40.6 Å². The molecule has 1 heterocycles. The molecule has 0 bridgehead atoms. The van der Waals surface area contributed by atoms with Crippen molar-refractivity contribution in [1.82, 2.24) is 20.9 Å². The quantitative estimate of drug-likeness (QED) is 0.0669. The van der Waals surface area contributed by atoms with Crippen molar-refractivity contribution in [3.8, 4) is 0 Å². The Kier molecular flexibility index (Phi) is 9.12. The molecule has 1 aliphatic carbocycles. The molecule has 10 nitrogen and oxygen atoms in total. The maximum absolute atomic E-state index is 14.0. The molecule has 1 aliphatic rings. The van der Waals surface area contributed by atoms with Gasteiger partial charge in [-0.2, -0.15) is 4.99 Å². The highest BCUT2D eigenvalue weighted by Gasteiger charge is 2.23. The van der Waals surface area contributed by atoms with Gasteiger partial charge in [0.1, 0.15) is 5.76 Å². The summed E-state index contributed by atoms with van der Waals surface area (Å²) in [4.78, 5) is 34.1. The van der Waals surface area contributed by atoms with E-state index in [0.29, 0.717) is 22.9 Å². The molecular formula is C29H24F3N7O3. The van der Waals surface area contributed by atoms with Gasteiger partial charge in [0.15, 0.2) is 17.5 Å². The molecular weight excluding hydrogens is 551 g/mol. The van der Waals surface area contributed by atoms with E-state index in [1.807, 2.05) is 0 Å². The van der Waals surface area contributed by atoms with Crippen molar-refractivity contribution in [2.75, 3.05) is 11.4 Å². The Balaban J connectivity index is 1.74. The summed E-state index contributed by atoms with van der Waals surface area (Å²) in [5.74, 6) is -5.32. The molecule has 2 aromatic carbocycles.